The van der Waals surface area contributed by atoms with Gasteiger partial charge in [-0.3, -0.25) is 4.90 Å². The SMILES string of the molecule is CC1=C(C(=O)O)C(c2ccc(C#N)cc2)N(C(=O)N(C)C)C(=O)N1c1cccc(C(F)(F)F)c1. The Hall–Kier alpha value is -4.33. The molecule has 0 aromatic heterocycles. The maximum absolute atomic E-state index is 13.6. The maximum Gasteiger partial charge on any atom is 0.416 e. The van der Waals surface area contributed by atoms with E-state index in [9.17, 15) is 32.7 Å². The van der Waals surface area contributed by atoms with Crippen LogP contribution < -0.4 is 4.90 Å². The molecular weight excluding hydrogens is 453 g/mol. The first-order chi connectivity index (χ1) is 15.9. The molecule has 34 heavy (non-hydrogen) atoms. The van der Waals surface area contributed by atoms with Gasteiger partial charge in [-0.05, 0) is 42.8 Å². The van der Waals surface area contributed by atoms with E-state index in [1.165, 1.54) is 51.4 Å². The van der Waals surface area contributed by atoms with Gasteiger partial charge in [-0.2, -0.15) is 18.4 Å². The number of amides is 4. The molecule has 0 saturated carbocycles. The van der Waals surface area contributed by atoms with Crippen LogP contribution in [0, 0.1) is 11.3 Å². The second-order valence-corrected chi connectivity index (χ2v) is 7.65. The second kappa shape index (κ2) is 8.90. The molecule has 176 valence electrons. The van der Waals surface area contributed by atoms with Gasteiger partial charge in [0.05, 0.1) is 28.5 Å². The summed E-state index contributed by atoms with van der Waals surface area (Å²) in [5.41, 5.74) is -1.29. The highest BCUT2D eigenvalue weighted by atomic mass is 19.4. The zero-order valence-corrected chi connectivity index (χ0v) is 18.3. The van der Waals surface area contributed by atoms with Crippen LogP contribution in [0.1, 0.15) is 29.7 Å². The Bertz CT molecular complexity index is 1230. The Labute approximate surface area is 192 Å². The predicted octanol–water partition coefficient (Wildman–Crippen LogP) is 4.60. The number of hydrogen-bond acceptors (Lipinski definition) is 4. The van der Waals surface area contributed by atoms with Gasteiger partial charge in [0.1, 0.15) is 6.04 Å². The first-order valence-electron chi connectivity index (χ1n) is 9.84. The molecule has 2 aromatic rings. The lowest BCUT2D eigenvalue weighted by molar-refractivity contribution is -0.137. The fourth-order valence-corrected chi connectivity index (χ4v) is 3.67. The lowest BCUT2D eigenvalue weighted by atomic mass is 9.92. The molecule has 4 amide bonds. The molecule has 0 spiro atoms. The van der Waals surface area contributed by atoms with E-state index in [0.29, 0.717) is 11.0 Å². The summed E-state index contributed by atoms with van der Waals surface area (Å²) in [7, 11) is 2.71. The number of urea groups is 2. The van der Waals surface area contributed by atoms with Crippen molar-refractivity contribution in [3.8, 4) is 6.07 Å². The molecule has 1 aliphatic heterocycles. The highest BCUT2D eigenvalue weighted by molar-refractivity contribution is 6.09. The third kappa shape index (κ3) is 4.30. The Morgan fingerprint density at radius 3 is 2.24 bits per heavy atom. The summed E-state index contributed by atoms with van der Waals surface area (Å²) in [5.74, 6) is -1.46. The first-order valence-corrected chi connectivity index (χ1v) is 9.84. The van der Waals surface area contributed by atoms with Crippen molar-refractivity contribution in [1.29, 1.82) is 5.26 Å². The Balaban J connectivity index is 2.30. The van der Waals surface area contributed by atoms with Crippen molar-refractivity contribution in [2.45, 2.75) is 19.1 Å². The minimum absolute atomic E-state index is 0.144. The van der Waals surface area contributed by atoms with Crippen molar-refractivity contribution in [1.82, 2.24) is 9.80 Å². The summed E-state index contributed by atoms with van der Waals surface area (Å²) >= 11 is 0. The number of carboxylic acid groups (broad SMARTS) is 1. The Kier molecular flexibility index (Phi) is 6.36. The summed E-state index contributed by atoms with van der Waals surface area (Å²) in [5, 5.41) is 19.1. The van der Waals surface area contributed by atoms with E-state index in [4.69, 9.17) is 5.26 Å². The van der Waals surface area contributed by atoms with E-state index >= 15 is 0 Å². The number of carbonyl (C=O) groups excluding carboxylic acids is 2. The summed E-state index contributed by atoms with van der Waals surface area (Å²) in [4.78, 5) is 41.5. The molecule has 0 radical (unpaired) electrons. The smallest absolute Gasteiger partial charge is 0.416 e. The van der Waals surface area contributed by atoms with Crippen LogP contribution in [0.15, 0.2) is 59.8 Å². The minimum Gasteiger partial charge on any atom is -0.478 e. The third-order valence-corrected chi connectivity index (χ3v) is 5.26. The van der Waals surface area contributed by atoms with Crippen LogP contribution in [0.25, 0.3) is 0 Å². The largest absolute Gasteiger partial charge is 0.478 e. The van der Waals surface area contributed by atoms with Gasteiger partial charge in [0.15, 0.2) is 0 Å². The van der Waals surface area contributed by atoms with Gasteiger partial charge in [-0.1, -0.05) is 18.2 Å². The van der Waals surface area contributed by atoms with Gasteiger partial charge in [-0.15, -0.1) is 0 Å². The van der Waals surface area contributed by atoms with Gasteiger partial charge in [0, 0.05) is 19.8 Å². The number of hydrogen-bond donors (Lipinski definition) is 1. The van der Waals surface area contributed by atoms with Crippen LogP contribution in [0.3, 0.4) is 0 Å². The van der Waals surface area contributed by atoms with E-state index in [2.05, 4.69) is 0 Å². The number of halogens is 3. The molecule has 3 rings (SSSR count). The average Bonchev–Trinajstić information content (AvgIpc) is 2.77. The molecule has 0 saturated heterocycles. The number of nitriles is 1. The summed E-state index contributed by atoms with van der Waals surface area (Å²) in [6.45, 7) is 1.29. The molecule has 0 bridgehead atoms. The molecule has 1 aliphatic rings. The number of benzene rings is 2. The van der Waals surface area contributed by atoms with Gasteiger partial charge in [0.25, 0.3) is 0 Å². The zero-order valence-electron chi connectivity index (χ0n) is 18.3. The summed E-state index contributed by atoms with van der Waals surface area (Å²) in [6, 6.07) is 8.14. The standard InChI is InChI=1S/C23H19F3N4O4/c1-13-18(20(31)32)19(15-9-7-14(12-27)8-10-15)30(21(33)28(2)3)22(34)29(13)17-6-4-5-16(11-17)23(24,25)26/h4-11,19H,1-3H3,(H,31,32). The zero-order chi connectivity index (χ0) is 25.4. The summed E-state index contributed by atoms with van der Waals surface area (Å²) < 4.78 is 39.9. The highest BCUT2D eigenvalue weighted by Crippen LogP contribution is 2.41. The van der Waals surface area contributed by atoms with Crippen molar-refractivity contribution >= 4 is 23.7 Å². The second-order valence-electron chi connectivity index (χ2n) is 7.65. The van der Waals surface area contributed by atoms with Crippen molar-refractivity contribution in [3.05, 3.63) is 76.5 Å². The normalized spacial score (nSPS) is 16.4. The molecule has 8 nitrogen and oxygen atoms in total. The number of rotatable bonds is 3. The average molecular weight is 472 g/mol. The van der Waals surface area contributed by atoms with Crippen molar-refractivity contribution in [2.24, 2.45) is 0 Å². The lowest BCUT2D eigenvalue weighted by Gasteiger charge is -2.42. The first kappa shape index (κ1) is 24.3. The summed E-state index contributed by atoms with van der Waals surface area (Å²) in [6.07, 6.45) is -4.70. The molecule has 2 aromatic carbocycles. The molecule has 1 atom stereocenters. The van der Waals surface area contributed by atoms with Crippen LogP contribution in [-0.2, 0) is 11.0 Å². The highest BCUT2D eigenvalue weighted by Gasteiger charge is 2.46. The van der Waals surface area contributed by atoms with Gasteiger partial charge in [-0.25, -0.2) is 19.3 Å². The van der Waals surface area contributed by atoms with E-state index < -0.39 is 35.8 Å². The molecule has 0 fully saturated rings. The number of anilines is 1. The maximum atomic E-state index is 13.6. The number of alkyl halides is 3. The van der Waals surface area contributed by atoms with Gasteiger partial charge >= 0.3 is 24.2 Å². The van der Waals surface area contributed by atoms with Gasteiger partial charge < -0.3 is 10.0 Å². The number of imide groups is 1. The number of carbonyl (C=O) groups is 3. The van der Waals surface area contributed by atoms with Crippen LogP contribution >= 0.6 is 0 Å². The van der Waals surface area contributed by atoms with Crippen LogP contribution in [0.4, 0.5) is 28.4 Å². The monoisotopic (exact) mass is 472 g/mol. The van der Waals surface area contributed by atoms with Crippen molar-refractivity contribution in [3.63, 3.8) is 0 Å². The molecule has 11 heteroatoms. The fourth-order valence-electron chi connectivity index (χ4n) is 3.67. The van der Waals surface area contributed by atoms with E-state index in [0.717, 1.165) is 21.9 Å². The van der Waals surface area contributed by atoms with E-state index in [1.807, 2.05) is 6.07 Å². The number of aliphatic carboxylic acids is 1. The number of nitrogens with zero attached hydrogens (tertiary/aromatic N) is 4. The third-order valence-electron chi connectivity index (χ3n) is 5.26. The number of allylic oxidation sites excluding steroid dienone is 1. The molecule has 1 N–H and O–H groups in total. The number of carboxylic acids is 1. The minimum atomic E-state index is -4.70. The Morgan fingerprint density at radius 2 is 1.74 bits per heavy atom. The quantitative estimate of drug-likeness (QED) is 0.703. The molecule has 0 aliphatic carbocycles. The molecule has 1 unspecified atom stereocenters. The Morgan fingerprint density at radius 1 is 1.12 bits per heavy atom. The van der Waals surface area contributed by atoms with Crippen molar-refractivity contribution in [2.75, 3.05) is 19.0 Å². The molecular formula is C23H19F3N4O4. The van der Waals surface area contributed by atoms with Gasteiger partial charge in [0.2, 0.25) is 0 Å². The predicted molar refractivity (Wildman–Crippen MR) is 114 cm³/mol. The van der Waals surface area contributed by atoms with E-state index in [1.54, 1.807) is 0 Å². The van der Waals surface area contributed by atoms with E-state index in [-0.39, 0.29) is 28.1 Å². The van der Waals surface area contributed by atoms with Crippen LogP contribution in [0.5, 0.6) is 0 Å². The van der Waals surface area contributed by atoms with Crippen LogP contribution in [-0.4, -0.2) is 47.0 Å². The molecule has 1 heterocycles. The lowest BCUT2D eigenvalue weighted by Crippen LogP contribution is -2.55. The topological polar surface area (TPSA) is 105 Å². The fraction of sp³-hybridized carbons (Fsp3) is 0.217. The van der Waals surface area contributed by atoms with Crippen molar-refractivity contribution < 1.29 is 32.7 Å². The van der Waals surface area contributed by atoms with Crippen LogP contribution in [0.2, 0.25) is 0 Å².